The fourth-order valence-corrected chi connectivity index (χ4v) is 4.31. The maximum Gasteiger partial charge on any atom is 0.0764 e. The third-order valence-corrected chi connectivity index (χ3v) is 5.43. The Labute approximate surface area is 88.0 Å². The standard InChI is InChI=1S/C10H19NO2S/c1-6-4-9-10(8(3)13-6)14(12)7(2)5-11-9/h6-11H,4-5H2,1-3H3. The van der Waals surface area contributed by atoms with Crippen LogP contribution in [-0.4, -0.2) is 39.5 Å². The molecule has 0 aromatic carbocycles. The van der Waals surface area contributed by atoms with Gasteiger partial charge in [0.05, 0.1) is 17.5 Å². The normalized spacial score (nSPS) is 53.9. The van der Waals surface area contributed by atoms with E-state index in [1.807, 2.05) is 13.8 Å². The van der Waals surface area contributed by atoms with Gasteiger partial charge in [0.1, 0.15) is 0 Å². The fourth-order valence-electron chi connectivity index (χ4n) is 2.54. The van der Waals surface area contributed by atoms with Gasteiger partial charge in [0, 0.05) is 28.6 Å². The van der Waals surface area contributed by atoms with E-state index in [0.29, 0.717) is 12.1 Å². The summed E-state index contributed by atoms with van der Waals surface area (Å²) in [6, 6.07) is 0.394. The van der Waals surface area contributed by atoms with Gasteiger partial charge in [0.25, 0.3) is 0 Å². The summed E-state index contributed by atoms with van der Waals surface area (Å²) in [6.07, 6.45) is 1.41. The number of ether oxygens (including phenoxy) is 1. The van der Waals surface area contributed by atoms with Gasteiger partial charge in [-0.3, -0.25) is 4.21 Å². The first-order valence-corrected chi connectivity index (χ1v) is 6.65. The summed E-state index contributed by atoms with van der Waals surface area (Å²) < 4.78 is 17.8. The fraction of sp³-hybridized carbons (Fsp3) is 1.00. The van der Waals surface area contributed by atoms with Crippen LogP contribution in [0.2, 0.25) is 0 Å². The molecule has 14 heavy (non-hydrogen) atoms. The zero-order valence-electron chi connectivity index (χ0n) is 9.03. The Morgan fingerprint density at radius 2 is 2.07 bits per heavy atom. The molecule has 6 unspecified atom stereocenters. The Hall–Kier alpha value is 0.0700. The first kappa shape index (κ1) is 10.6. The van der Waals surface area contributed by atoms with Crippen LogP contribution >= 0.6 is 0 Å². The van der Waals surface area contributed by atoms with Gasteiger partial charge in [0.2, 0.25) is 0 Å². The molecular formula is C10H19NO2S. The van der Waals surface area contributed by atoms with Crippen molar-refractivity contribution in [3.05, 3.63) is 0 Å². The minimum Gasteiger partial charge on any atom is -0.374 e. The third-order valence-electron chi connectivity index (χ3n) is 3.22. The van der Waals surface area contributed by atoms with Gasteiger partial charge in [-0.1, -0.05) is 0 Å². The second-order valence-electron chi connectivity index (χ2n) is 4.51. The maximum atomic E-state index is 12.1. The van der Waals surface area contributed by atoms with Crippen molar-refractivity contribution in [3.63, 3.8) is 0 Å². The lowest BCUT2D eigenvalue weighted by molar-refractivity contribution is -0.0396. The van der Waals surface area contributed by atoms with E-state index >= 15 is 0 Å². The van der Waals surface area contributed by atoms with E-state index in [0.717, 1.165) is 13.0 Å². The molecule has 0 aliphatic carbocycles. The lowest BCUT2D eigenvalue weighted by Gasteiger charge is -2.44. The molecule has 2 heterocycles. The smallest absolute Gasteiger partial charge is 0.0764 e. The van der Waals surface area contributed by atoms with Crippen molar-refractivity contribution >= 4 is 10.8 Å². The van der Waals surface area contributed by atoms with Crippen LogP contribution in [0.15, 0.2) is 0 Å². The molecule has 2 rings (SSSR count). The Kier molecular flexibility index (Phi) is 2.96. The largest absolute Gasteiger partial charge is 0.374 e. The molecule has 6 atom stereocenters. The lowest BCUT2D eigenvalue weighted by atomic mass is 9.99. The molecule has 0 saturated carbocycles. The molecule has 2 saturated heterocycles. The minimum absolute atomic E-state index is 0.125. The van der Waals surface area contributed by atoms with Crippen LogP contribution in [0.4, 0.5) is 0 Å². The number of nitrogens with one attached hydrogen (secondary N) is 1. The molecule has 2 aliphatic heterocycles. The molecule has 4 heteroatoms. The zero-order valence-corrected chi connectivity index (χ0v) is 9.84. The lowest BCUT2D eigenvalue weighted by Crippen LogP contribution is -2.61. The average Bonchev–Trinajstić information content (AvgIpc) is 2.10. The van der Waals surface area contributed by atoms with Crippen LogP contribution in [0.1, 0.15) is 27.2 Å². The summed E-state index contributed by atoms with van der Waals surface area (Å²) in [6.45, 7) is 7.07. The van der Waals surface area contributed by atoms with E-state index in [1.54, 1.807) is 0 Å². The van der Waals surface area contributed by atoms with Crippen LogP contribution in [0.25, 0.3) is 0 Å². The van der Waals surface area contributed by atoms with Crippen molar-refractivity contribution < 1.29 is 8.95 Å². The number of fused-ring (bicyclic) bond motifs is 1. The Balaban J connectivity index is 2.15. The van der Waals surface area contributed by atoms with E-state index in [2.05, 4.69) is 12.2 Å². The Morgan fingerprint density at radius 3 is 2.79 bits per heavy atom. The second kappa shape index (κ2) is 3.91. The number of hydrogen-bond donors (Lipinski definition) is 1. The van der Waals surface area contributed by atoms with Crippen molar-refractivity contribution in [3.8, 4) is 0 Å². The molecule has 1 N–H and O–H groups in total. The summed E-state index contributed by atoms with van der Waals surface area (Å²) in [4.78, 5) is 0. The zero-order chi connectivity index (χ0) is 10.3. The SMILES string of the molecule is CC1CC2NCC(C)S(=O)C2C(C)O1. The van der Waals surface area contributed by atoms with Gasteiger partial charge in [-0.05, 0) is 27.2 Å². The van der Waals surface area contributed by atoms with Gasteiger partial charge in [-0.15, -0.1) is 0 Å². The summed E-state index contributed by atoms with van der Waals surface area (Å²) in [7, 11) is -0.734. The highest BCUT2D eigenvalue weighted by Crippen LogP contribution is 2.28. The summed E-state index contributed by atoms with van der Waals surface area (Å²) in [5, 5.41) is 3.94. The highest BCUT2D eigenvalue weighted by atomic mass is 32.2. The van der Waals surface area contributed by atoms with Gasteiger partial charge in [-0.2, -0.15) is 0 Å². The van der Waals surface area contributed by atoms with Crippen LogP contribution in [0.3, 0.4) is 0 Å². The van der Waals surface area contributed by atoms with E-state index in [4.69, 9.17) is 4.74 Å². The molecule has 2 fully saturated rings. The third kappa shape index (κ3) is 1.75. The van der Waals surface area contributed by atoms with Crippen molar-refractivity contribution in [2.75, 3.05) is 6.54 Å². The second-order valence-corrected chi connectivity index (χ2v) is 6.51. The molecule has 0 bridgehead atoms. The molecule has 3 nitrogen and oxygen atoms in total. The van der Waals surface area contributed by atoms with Crippen LogP contribution in [0.5, 0.6) is 0 Å². The topological polar surface area (TPSA) is 38.3 Å². The first-order valence-electron chi connectivity index (χ1n) is 5.38. The summed E-state index contributed by atoms with van der Waals surface area (Å²) in [5.74, 6) is 0. The van der Waals surface area contributed by atoms with E-state index in [1.165, 1.54) is 0 Å². The van der Waals surface area contributed by atoms with Crippen LogP contribution < -0.4 is 5.32 Å². The summed E-state index contributed by atoms with van der Waals surface area (Å²) >= 11 is 0. The predicted molar refractivity (Wildman–Crippen MR) is 57.8 cm³/mol. The molecule has 0 amide bonds. The van der Waals surface area contributed by atoms with E-state index in [9.17, 15) is 4.21 Å². The molecule has 2 aliphatic rings. The molecule has 82 valence electrons. The predicted octanol–water partition coefficient (Wildman–Crippen LogP) is 0.661. The van der Waals surface area contributed by atoms with Gasteiger partial charge in [-0.25, -0.2) is 0 Å². The summed E-state index contributed by atoms with van der Waals surface area (Å²) in [5.41, 5.74) is 0. The van der Waals surface area contributed by atoms with Crippen LogP contribution in [-0.2, 0) is 15.5 Å². The Morgan fingerprint density at radius 1 is 1.36 bits per heavy atom. The first-order chi connectivity index (χ1) is 6.59. The van der Waals surface area contributed by atoms with E-state index in [-0.39, 0.29) is 16.6 Å². The van der Waals surface area contributed by atoms with Gasteiger partial charge < -0.3 is 10.1 Å². The minimum atomic E-state index is -0.734. The van der Waals surface area contributed by atoms with E-state index < -0.39 is 10.8 Å². The highest BCUT2D eigenvalue weighted by molar-refractivity contribution is 7.86. The molecule has 0 aromatic rings. The quantitative estimate of drug-likeness (QED) is 0.648. The highest BCUT2D eigenvalue weighted by Gasteiger charge is 2.42. The van der Waals surface area contributed by atoms with Crippen molar-refractivity contribution in [2.24, 2.45) is 0 Å². The monoisotopic (exact) mass is 217 g/mol. The molecule has 0 aromatic heterocycles. The number of hydrogen-bond acceptors (Lipinski definition) is 3. The van der Waals surface area contributed by atoms with Gasteiger partial charge >= 0.3 is 0 Å². The average molecular weight is 217 g/mol. The number of rotatable bonds is 0. The van der Waals surface area contributed by atoms with Gasteiger partial charge in [0.15, 0.2) is 0 Å². The Bertz CT molecular complexity index is 246. The van der Waals surface area contributed by atoms with Crippen LogP contribution in [0, 0.1) is 0 Å². The molecular weight excluding hydrogens is 198 g/mol. The maximum absolute atomic E-state index is 12.1. The van der Waals surface area contributed by atoms with Crippen molar-refractivity contribution in [1.82, 2.24) is 5.32 Å². The molecule has 0 radical (unpaired) electrons. The molecule has 0 spiro atoms. The van der Waals surface area contributed by atoms with Crippen molar-refractivity contribution in [1.29, 1.82) is 0 Å². The van der Waals surface area contributed by atoms with Crippen molar-refractivity contribution in [2.45, 2.75) is 55.9 Å².